The number of halogens is 1. The van der Waals surface area contributed by atoms with Crippen molar-refractivity contribution in [1.29, 1.82) is 0 Å². The summed E-state index contributed by atoms with van der Waals surface area (Å²) in [5, 5.41) is 10.9. The van der Waals surface area contributed by atoms with Gasteiger partial charge in [0.15, 0.2) is 0 Å². The molecule has 0 aliphatic heterocycles. The zero-order chi connectivity index (χ0) is 15.6. The minimum atomic E-state index is -3.71. The largest absolute Gasteiger partial charge is 0.277 e. The van der Waals surface area contributed by atoms with Crippen molar-refractivity contribution in [2.45, 2.75) is 4.90 Å². The van der Waals surface area contributed by atoms with E-state index in [0.29, 0.717) is 15.8 Å². The highest BCUT2D eigenvalue weighted by Crippen LogP contribution is 2.23. The molecule has 3 aromatic rings. The van der Waals surface area contributed by atoms with Crippen LogP contribution in [0.3, 0.4) is 0 Å². The summed E-state index contributed by atoms with van der Waals surface area (Å²) in [7, 11) is -3.71. The van der Waals surface area contributed by atoms with Gasteiger partial charge < -0.3 is 0 Å². The lowest BCUT2D eigenvalue weighted by Gasteiger charge is -2.12. The average molecular weight is 380 g/mol. The van der Waals surface area contributed by atoms with Gasteiger partial charge in [0, 0.05) is 4.47 Å². The number of aromatic nitrogens is 4. The highest BCUT2D eigenvalue weighted by atomic mass is 79.9. The van der Waals surface area contributed by atoms with E-state index < -0.39 is 10.0 Å². The van der Waals surface area contributed by atoms with Gasteiger partial charge in [-0.3, -0.25) is 4.72 Å². The maximum atomic E-state index is 12.5. The summed E-state index contributed by atoms with van der Waals surface area (Å²) in [6, 6.07) is 13.3. The van der Waals surface area contributed by atoms with Gasteiger partial charge in [-0.15, -0.1) is 5.10 Å². The first kappa shape index (κ1) is 14.7. The minimum absolute atomic E-state index is 0.161. The summed E-state index contributed by atoms with van der Waals surface area (Å²) in [5.74, 6) is 0. The molecule has 22 heavy (non-hydrogen) atoms. The highest BCUT2D eigenvalue weighted by Gasteiger charge is 2.17. The van der Waals surface area contributed by atoms with E-state index in [1.54, 1.807) is 36.4 Å². The summed E-state index contributed by atoms with van der Waals surface area (Å²) in [4.78, 5) is 0.161. The van der Waals surface area contributed by atoms with Crippen molar-refractivity contribution in [3.63, 3.8) is 0 Å². The Morgan fingerprint density at radius 1 is 1.09 bits per heavy atom. The van der Waals surface area contributed by atoms with Crippen molar-refractivity contribution in [1.82, 2.24) is 20.2 Å². The summed E-state index contributed by atoms with van der Waals surface area (Å²) < 4.78 is 29.6. The number of nitrogens with one attached hydrogen (secondary N) is 1. The molecule has 1 N–H and O–H groups in total. The van der Waals surface area contributed by atoms with Crippen molar-refractivity contribution in [2.75, 3.05) is 4.72 Å². The number of sulfonamides is 1. The second kappa shape index (κ2) is 5.85. The Hall–Kier alpha value is -2.26. The number of para-hydroxylation sites is 2. The van der Waals surface area contributed by atoms with E-state index in [9.17, 15) is 8.42 Å². The molecular formula is C13H10BrN5O2S. The maximum Gasteiger partial charge on any atom is 0.262 e. The van der Waals surface area contributed by atoms with E-state index in [0.717, 1.165) is 0 Å². The zero-order valence-corrected chi connectivity index (χ0v) is 13.5. The Morgan fingerprint density at radius 3 is 2.64 bits per heavy atom. The van der Waals surface area contributed by atoms with Crippen LogP contribution in [0.5, 0.6) is 0 Å². The van der Waals surface area contributed by atoms with E-state index in [1.165, 1.54) is 23.1 Å². The lowest BCUT2D eigenvalue weighted by atomic mass is 10.3. The Labute approximate surface area is 135 Å². The van der Waals surface area contributed by atoms with Crippen LogP contribution in [0, 0.1) is 0 Å². The van der Waals surface area contributed by atoms with Gasteiger partial charge in [0.2, 0.25) is 0 Å². The van der Waals surface area contributed by atoms with Gasteiger partial charge in [0.1, 0.15) is 6.33 Å². The number of hydrogen-bond acceptors (Lipinski definition) is 5. The zero-order valence-electron chi connectivity index (χ0n) is 11.1. The quantitative estimate of drug-likeness (QED) is 0.750. The van der Waals surface area contributed by atoms with Crippen LogP contribution in [0.15, 0.2) is 64.2 Å². The van der Waals surface area contributed by atoms with E-state index in [4.69, 9.17) is 0 Å². The van der Waals surface area contributed by atoms with Crippen molar-refractivity contribution in [2.24, 2.45) is 0 Å². The molecule has 1 aromatic heterocycles. The predicted molar refractivity (Wildman–Crippen MR) is 84.1 cm³/mol. The fraction of sp³-hybridized carbons (Fsp3) is 0. The van der Waals surface area contributed by atoms with Gasteiger partial charge in [-0.05, 0) is 40.8 Å². The molecule has 3 rings (SSSR count). The molecular weight excluding hydrogens is 370 g/mol. The molecule has 7 nitrogen and oxygen atoms in total. The maximum absolute atomic E-state index is 12.5. The van der Waals surface area contributed by atoms with Crippen LogP contribution in [0.4, 0.5) is 5.69 Å². The van der Waals surface area contributed by atoms with Crippen LogP contribution < -0.4 is 4.72 Å². The van der Waals surface area contributed by atoms with Gasteiger partial charge in [0.25, 0.3) is 10.0 Å². The van der Waals surface area contributed by atoms with Crippen LogP contribution >= 0.6 is 15.9 Å². The molecule has 0 aliphatic rings. The number of hydrogen-bond donors (Lipinski definition) is 1. The molecule has 0 bridgehead atoms. The average Bonchev–Trinajstić information content (AvgIpc) is 3.01. The van der Waals surface area contributed by atoms with Crippen LogP contribution in [-0.4, -0.2) is 28.6 Å². The second-order valence-corrected chi connectivity index (χ2v) is 6.93. The lowest BCUT2D eigenvalue weighted by Crippen LogP contribution is -2.14. The van der Waals surface area contributed by atoms with Gasteiger partial charge in [-0.1, -0.05) is 34.1 Å². The Balaban J connectivity index is 2.00. The molecule has 0 spiro atoms. The van der Waals surface area contributed by atoms with Gasteiger partial charge in [-0.25, -0.2) is 8.42 Å². The van der Waals surface area contributed by atoms with Crippen LogP contribution in [0.25, 0.3) is 5.69 Å². The minimum Gasteiger partial charge on any atom is -0.277 e. The molecule has 1 heterocycles. The smallest absolute Gasteiger partial charge is 0.262 e. The number of benzene rings is 2. The summed E-state index contributed by atoms with van der Waals surface area (Å²) >= 11 is 3.26. The number of tetrazole rings is 1. The Bertz CT molecular complexity index is 896. The second-order valence-electron chi connectivity index (χ2n) is 4.33. The van der Waals surface area contributed by atoms with E-state index in [1.807, 2.05) is 0 Å². The van der Waals surface area contributed by atoms with E-state index in [2.05, 4.69) is 36.2 Å². The van der Waals surface area contributed by atoms with Crippen molar-refractivity contribution < 1.29 is 8.42 Å². The van der Waals surface area contributed by atoms with E-state index in [-0.39, 0.29) is 4.90 Å². The molecule has 9 heteroatoms. The summed E-state index contributed by atoms with van der Waals surface area (Å²) in [6.45, 7) is 0. The van der Waals surface area contributed by atoms with Crippen molar-refractivity contribution in [3.8, 4) is 5.69 Å². The third-order valence-corrected chi connectivity index (χ3v) is 4.71. The predicted octanol–water partition coefficient (Wildman–Crippen LogP) is 2.23. The molecule has 112 valence electrons. The SMILES string of the molecule is O=S(=O)(Nc1ccccc1-n1cnnn1)c1cccc(Br)c1. The number of anilines is 1. The van der Waals surface area contributed by atoms with Crippen molar-refractivity contribution in [3.05, 3.63) is 59.3 Å². The number of rotatable bonds is 4. The lowest BCUT2D eigenvalue weighted by molar-refractivity contribution is 0.601. The van der Waals surface area contributed by atoms with Crippen LogP contribution in [0.1, 0.15) is 0 Å². The molecule has 0 radical (unpaired) electrons. The first-order valence-corrected chi connectivity index (χ1v) is 8.45. The van der Waals surface area contributed by atoms with Crippen molar-refractivity contribution >= 4 is 31.6 Å². The van der Waals surface area contributed by atoms with Gasteiger partial charge >= 0.3 is 0 Å². The first-order valence-electron chi connectivity index (χ1n) is 6.17. The van der Waals surface area contributed by atoms with E-state index >= 15 is 0 Å². The summed E-state index contributed by atoms with van der Waals surface area (Å²) in [5.41, 5.74) is 0.917. The normalized spacial score (nSPS) is 11.3. The molecule has 0 atom stereocenters. The molecule has 0 amide bonds. The molecule has 0 fully saturated rings. The van der Waals surface area contributed by atoms with Crippen LogP contribution in [0.2, 0.25) is 0 Å². The van der Waals surface area contributed by atoms with Crippen LogP contribution in [-0.2, 0) is 10.0 Å². The molecule has 0 saturated heterocycles. The topological polar surface area (TPSA) is 89.8 Å². The fourth-order valence-electron chi connectivity index (χ4n) is 1.87. The monoisotopic (exact) mass is 379 g/mol. The fourth-order valence-corrected chi connectivity index (χ4v) is 3.54. The van der Waals surface area contributed by atoms with Gasteiger partial charge in [-0.2, -0.15) is 4.68 Å². The molecule has 2 aromatic carbocycles. The molecule has 0 aliphatic carbocycles. The Kier molecular flexibility index (Phi) is 3.90. The first-order chi connectivity index (χ1) is 10.6. The highest BCUT2D eigenvalue weighted by molar-refractivity contribution is 9.10. The third kappa shape index (κ3) is 3.00. The number of nitrogens with zero attached hydrogens (tertiary/aromatic N) is 4. The molecule has 0 saturated carbocycles. The standard InChI is InChI=1S/C13H10BrN5O2S/c14-10-4-3-5-11(8-10)22(20,21)16-12-6-1-2-7-13(12)19-9-15-17-18-19/h1-9,16H. The third-order valence-electron chi connectivity index (χ3n) is 2.85. The Morgan fingerprint density at radius 2 is 1.91 bits per heavy atom. The summed E-state index contributed by atoms with van der Waals surface area (Å²) in [6.07, 6.45) is 1.40. The molecule has 0 unspecified atom stereocenters. The van der Waals surface area contributed by atoms with Gasteiger partial charge in [0.05, 0.1) is 16.3 Å².